The zero-order valence-electron chi connectivity index (χ0n) is 14.1. The van der Waals surface area contributed by atoms with E-state index in [1.807, 2.05) is 0 Å². The second kappa shape index (κ2) is 7.84. The van der Waals surface area contributed by atoms with Gasteiger partial charge < -0.3 is 14.2 Å². The lowest BCUT2D eigenvalue weighted by Crippen LogP contribution is -2.27. The Morgan fingerprint density at radius 2 is 1.67 bits per heavy atom. The van der Waals surface area contributed by atoms with Crippen LogP contribution in [0.15, 0.2) is 48.5 Å². The normalized spacial score (nSPS) is 11.9. The number of halogens is 3. The van der Waals surface area contributed by atoms with Crippen LogP contribution in [0.5, 0.6) is 11.5 Å². The van der Waals surface area contributed by atoms with Crippen molar-refractivity contribution < 1.29 is 35.3 Å². The monoisotopic (exact) mass is 404 g/mol. The Labute approximate surface area is 153 Å². The molecule has 0 aliphatic heterocycles. The maximum atomic E-state index is 12.2. The summed E-state index contributed by atoms with van der Waals surface area (Å²) in [6.45, 7) is 0. The summed E-state index contributed by atoms with van der Waals surface area (Å²) in [6, 6.07) is 9.99. The molecule has 0 aliphatic rings. The number of amides is 1. The van der Waals surface area contributed by atoms with Crippen LogP contribution in [0.2, 0.25) is 0 Å². The number of carbonyl (C=O) groups is 1. The van der Waals surface area contributed by atoms with Gasteiger partial charge in [-0.25, -0.2) is 0 Å². The summed E-state index contributed by atoms with van der Waals surface area (Å²) in [5.74, 6) is -1.10. The number of nitrogens with one attached hydrogen (secondary N) is 1. The van der Waals surface area contributed by atoms with Crippen LogP contribution >= 0.6 is 0 Å². The number of hydrogen-bond acceptors (Lipinski definition) is 5. The molecule has 0 aliphatic carbocycles. The van der Waals surface area contributed by atoms with Gasteiger partial charge in [0.05, 0.1) is 0 Å². The van der Waals surface area contributed by atoms with Gasteiger partial charge in [-0.15, -0.1) is 13.2 Å². The lowest BCUT2D eigenvalue weighted by molar-refractivity contribution is -0.274. The largest absolute Gasteiger partial charge is 0.573 e. The van der Waals surface area contributed by atoms with Crippen LogP contribution in [0.4, 0.5) is 18.9 Å². The summed E-state index contributed by atoms with van der Waals surface area (Å²) in [4.78, 5) is 12.2. The molecule has 146 valence electrons. The standard InChI is InChI=1S/C16H15F3N2O5S/c1-21(2)27(23,24)26-14-5-3-4-11(10-14)15(22)20-12-6-8-13(9-7-12)25-16(17,18)19/h3-10H,1-2H3,(H,20,22). The van der Waals surface area contributed by atoms with E-state index in [2.05, 4.69) is 10.1 Å². The third kappa shape index (κ3) is 6.15. The Kier molecular flexibility index (Phi) is 5.96. The zero-order valence-corrected chi connectivity index (χ0v) is 15.0. The van der Waals surface area contributed by atoms with Gasteiger partial charge in [0, 0.05) is 25.3 Å². The number of benzene rings is 2. The molecule has 0 unspecified atom stereocenters. The molecule has 0 fully saturated rings. The molecule has 2 aromatic carbocycles. The summed E-state index contributed by atoms with van der Waals surface area (Å²) in [7, 11) is -1.40. The van der Waals surface area contributed by atoms with Crippen LogP contribution in [0.1, 0.15) is 10.4 Å². The first-order valence-corrected chi connectivity index (χ1v) is 8.72. The van der Waals surface area contributed by atoms with E-state index in [9.17, 15) is 26.4 Å². The summed E-state index contributed by atoms with van der Waals surface area (Å²) in [5.41, 5.74) is 0.318. The van der Waals surface area contributed by atoms with Crippen molar-refractivity contribution in [3.05, 3.63) is 54.1 Å². The van der Waals surface area contributed by atoms with Crippen molar-refractivity contribution in [3.8, 4) is 11.5 Å². The van der Waals surface area contributed by atoms with E-state index in [-0.39, 0.29) is 17.0 Å². The predicted molar refractivity (Wildman–Crippen MR) is 90.8 cm³/mol. The van der Waals surface area contributed by atoms with Gasteiger partial charge in [-0.2, -0.15) is 12.7 Å². The number of anilines is 1. The van der Waals surface area contributed by atoms with E-state index in [0.717, 1.165) is 16.4 Å². The third-order valence-corrected chi connectivity index (χ3v) is 4.39. The van der Waals surface area contributed by atoms with E-state index >= 15 is 0 Å². The number of nitrogens with zero attached hydrogens (tertiary/aromatic N) is 1. The topological polar surface area (TPSA) is 84.9 Å². The van der Waals surface area contributed by atoms with E-state index in [4.69, 9.17) is 4.18 Å². The maximum absolute atomic E-state index is 12.2. The molecule has 1 amide bonds. The molecular weight excluding hydrogens is 389 g/mol. The van der Waals surface area contributed by atoms with Gasteiger partial charge in [0.2, 0.25) is 0 Å². The highest BCUT2D eigenvalue weighted by Crippen LogP contribution is 2.24. The van der Waals surface area contributed by atoms with Crippen LogP contribution in [0, 0.1) is 0 Å². The molecule has 0 radical (unpaired) electrons. The summed E-state index contributed by atoms with van der Waals surface area (Å²) in [5, 5.41) is 2.47. The molecule has 0 heterocycles. The van der Waals surface area contributed by atoms with Crippen molar-refractivity contribution in [2.24, 2.45) is 0 Å². The molecule has 0 aromatic heterocycles. The highest BCUT2D eigenvalue weighted by atomic mass is 32.2. The highest BCUT2D eigenvalue weighted by Gasteiger charge is 2.31. The van der Waals surface area contributed by atoms with Crippen molar-refractivity contribution in [1.82, 2.24) is 4.31 Å². The van der Waals surface area contributed by atoms with E-state index < -0.39 is 28.3 Å². The molecular formula is C16H15F3N2O5S. The van der Waals surface area contributed by atoms with Crippen molar-refractivity contribution in [3.63, 3.8) is 0 Å². The fourth-order valence-electron chi connectivity index (χ4n) is 1.83. The van der Waals surface area contributed by atoms with Crippen LogP contribution in [-0.4, -0.2) is 39.1 Å². The lowest BCUT2D eigenvalue weighted by atomic mass is 10.2. The Morgan fingerprint density at radius 1 is 1.04 bits per heavy atom. The average molecular weight is 404 g/mol. The molecule has 27 heavy (non-hydrogen) atoms. The second-order valence-corrected chi connectivity index (χ2v) is 7.13. The van der Waals surface area contributed by atoms with E-state index in [0.29, 0.717) is 0 Å². The van der Waals surface area contributed by atoms with Gasteiger partial charge in [-0.3, -0.25) is 4.79 Å². The van der Waals surface area contributed by atoms with Crippen LogP contribution in [0.3, 0.4) is 0 Å². The molecule has 1 N–H and O–H groups in total. The quantitative estimate of drug-likeness (QED) is 0.800. The minimum Gasteiger partial charge on any atom is -0.406 e. The summed E-state index contributed by atoms with van der Waals surface area (Å²) < 4.78 is 69.3. The number of ether oxygens (including phenoxy) is 1. The van der Waals surface area contributed by atoms with Gasteiger partial charge in [-0.1, -0.05) is 6.07 Å². The summed E-state index contributed by atoms with van der Waals surface area (Å²) >= 11 is 0. The van der Waals surface area contributed by atoms with Gasteiger partial charge in [0.1, 0.15) is 11.5 Å². The number of alkyl halides is 3. The molecule has 2 aromatic rings. The van der Waals surface area contributed by atoms with E-state index in [1.165, 1.54) is 50.5 Å². The number of rotatable bonds is 6. The smallest absolute Gasteiger partial charge is 0.406 e. The lowest BCUT2D eigenvalue weighted by Gasteiger charge is -2.13. The first-order chi connectivity index (χ1) is 12.5. The molecule has 0 atom stereocenters. The molecule has 0 saturated carbocycles. The first-order valence-electron chi connectivity index (χ1n) is 7.35. The third-order valence-electron chi connectivity index (χ3n) is 3.09. The minimum atomic E-state index is -4.81. The first kappa shape index (κ1) is 20.5. The second-order valence-electron chi connectivity index (χ2n) is 5.38. The average Bonchev–Trinajstić information content (AvgIpc) is 2.55. The Bertz CT molecular complexity index is 912. The molecule has 7 nitrogen and oxygen atoms in total. The van der Waals surface area contributed by atoms with Crippen molar-refractivity contribution in [1.29, 1.82) is 0 Å². The van der Waals surface area contributed by atoms with Gasteiger partial charge in [0.25, 0.3) is 5.91 Å². The van der Waals surface area contributed by atoms with Crippen molar-refractivity contribution >= 4 is 21.9 Å². The minimum absolute atomic E-state index is 0.0646. The Balaban J connectivity index is 2.09. The van der Waals surface area contributed by atoms with E-state index in [1.54, 1.807) is 0 Å². The number of hydrogen-bond donors (Lipinski definition) is 1. The van der Waals surface area contributed by atoms with Crippen LogP contribution in [-0.2, 0) is 10.3 Å². The summed E-state index contributed by atoms with van der Waals surface area (Å²) in [6.07, 6.45) is -4.81. The van der Waals surface area contributed by atoms with Crippen molar-refractivity contribution in [2.75, 3.05) is 19.4 Å². The molecule has 0 spiro atoms. The molecule has 0 bridgehead atoms. The molecule has 2 rings (SSSR count). The SMILES string of the molecule is CN(C)S(=O)(=O)Oc1cccc(C(=O)Nc2ccc(OC(F)(F)F)cc2)c1. The molecule has 11 heteroatoms. The van der Waals surface area contributed by atoms with Gasteiger partial charge in [0.15, 0.2) is 0 Å². The maximum Gasteiger partial charge on any atom is 0.573 e. The van der Waals surface area contributed by atoms with Crippen LogP contribution < -0.4 is 14.2 Å². The van der Waals surface area contributed by atoms with Gasteiger partial charge in [-0.05, 0) is 42.5 Å². The zero-order chi connectivity index (χ0) is 20.2. The molecule has 0 saturated heterocycles. The highest BCUT2D eigenvalue weighted by molar-refractivity contribution is 7.84. The fourth-order valence-corrected chi connectivity index (χ4v) is 2.32. The Morgan fingerprint density at radius 3 is 2.22 bits per heavy atom. The van der Waals surface area contributed by atoms with Crippen molar-refractivity contribution in [2.45, 2.75) is 6.36 Å². The predicted octanol–water partition coefficient (Wildman–Crippen LogP) is 3.02. The van der Waals surface area contributed by atoms with Crippen LogP contribution in [0.25, 0.3) is 0 Å². The number of carbonyl (C=O) groups excluding carboxylic acids is 1. The Hall–Kier alpha value is -2.79. The fraction of sp³-hybridized carbons (Fsp3) is 0.188. The van der Waals surface area contributed by atoms with Gasteiger partial charge >= 0.3 is 16.7 Å².